The number of hydrogen-bond acceptors (Lipinski definition) is 2. The van der Waals surface area contributed by atoms with Crippen LogP contribution in [0.25, 0.3) is 11.1 Å². The number of nitrogens with zero attached hydrogens (tertiary/aromatic N) is 1. The Morgan fingerprint density at radius 2 is 1.65 bits per heavy atom. The van der Waals surface area contributed by atoms with E-state index in [9.17, 15) is 9.59 Å². The smallest absolute Gasteiger partial charge is 0.258 e. The van der Waals surface area contributed by atoms with Crippen LogP contribution in [0, 0.1) is 0 Å². The van der Waals surface area contributed by atoms with Gasteiger partial charge in [-0.3, -0.25) is 9.59 Å². The Balaban J connectivity index is 1.73. The van der Waals surface area contributed by atoms with E-state index in [0.717, 1.165) is 11.1 Å². The second-order valence-corrected chi connectivity index (χ2v) is 6.63. The molecule has 2 aromatic carbocycles. The Kier molecular flexibility index (Phi) is 5.45. The fraction of sp³-hybridized carbons (Fsp3) is 0.100. The molecule has 0 aliphatic rings. The van der Waals surface area contributed by atoms with Gasteiger partial charge in [-0.2, -0.15) is 0 Å². The van der Waals surface area contributed by atoms with E-state index >= 15 is 0 Å². The monoisotopic (exact) mass is 386 g/mol. The summed E-state index contributed by atoms with van der Waals surface area (Å²) >= 11 is 12.1. The molecule has 0 fully saturated rings. The van der Waals surface area contributed by atoms with Crippen molar-refractivity contribution in [2.24, 2.45) is 7.05 Å². The first-order valence-electron chi connectivity index (χ1n) is 7.94. The standard InChI is InChI=1S/C20H16Cl2N2O2/c1-24-11-3-4-15(20(24)26)14-9-7-13(8-10-14)12-23-19(25)18-16(21)5-2-6-17(18)22/h2-11H,12H2,1H3,(H,23,25). The molecule has 0 spiro atoms. The fourth-order valence-corrected chi connectivity index (χ4v) is 3.17. The van der Waals surface area contributed by atoms with Gasteiger partial charge in [-0.05, 0) is 35.4 Å². The Morgan fingerprint density at radius 1 is 1.00 bits per heavy atom. The highest BCUT2D eigenvalue weighted by Crippen LogP contribution is 2.24. The van der Waals surface area contributed by atoms with E-state index in [1.165, 1.54) is 4.57 Å². The number of hydrogen-bond donors (Lipinski definition) is 1. The molecule has 3 rings (SSSR count). The van der Waals surface area contributed by atoms with E-state index in [0.29, 0.717) is 22.2 Å². The van der Waals surface area contributed by atoms with E-state index in [1.54, 1.807) is 37.5 Å². The summed E-state index contributed by atoms with van der Waals surface area (Å²) in [4.78, 5) is 24.5. The molecule has 1 heterocycles. The van der Waals surface area contributed by atoms with Crippen LogP contribution in [0.4, 0.5) is 0 Å². The van der Waals surface area contributed by atoms with Crippen molar-refractivity contribution in [3.8, 4) is 11.1 Å². The lowest BCUT2D eigenvalue weighted by molar-refractivity contribution is 0.0951. The van der Waals surface area contributed by atoms with Crippen molar-refractivity contribution in [3.63, 3.8) is 0 Å². The summed E-state index contributed by atoms with van der Waals surface area (Å²) < 4.78 is 1.54. The van der Waals surface area contributed by atoms with Crippen molar-refractivity contribution in [3.05, 3.63) is 92.3 Å². The minimum Gasteiger partial charge on any atom is -0.348 e. The maximum atomic E-state index is 12.3. The van der Waals surface area contributed by atoms with Crippen molar-refractivity contribution in [1.82, 2.24) is 9.88 Å². The Labute approximate surface area is 161 Å². The number of nitrogens with one attached hydrogen (secondary N) is 1. The van der Waals surface area contributed by atoms with E-state index in [2.05, 4.69) is 5.32 Å². The number of rotatable bonds is 4. The molecule has 0 saturated heterocycles. The van der Waals surface area contributed by atoms with Crippen molar-refractivity contribution in [2.75, 3.05) is 0 Å². The average molecular weight is 387 g/mol. The van der Waals surface area contributed by atoms with Crippen LogP contribution in [-0.2, 0) is 13.6 Å². The third-order valence-electron chi connectivity index (χ3n) is 4.03. The molecule has 132 valence electrons. The molecule has 0 aliphatic heterocycles. The van der Waals surface area contributed by atoms with Crippen LogP contribution in [0.2, 0.25) is 10.0 Å². The van der Waals surface area contributed by atoms with Gasteiger partial charge in [0.2, 0.25) is 0 Å². The number of pyridine rings is 1. The highest BCUT2D eigenvalue weighted by atomic mass is 35.5. The zero-order valence-electron chi connectivity index (χ0n) is 14.0. The maximum Gasteiger partial charge on any atom is 0.258 e. The van der Waals surface area contributed by atoms with Crippen LogP contribution in [0.15, 0.2) is 65.6 Å². The number of aromatic nitrogens is 1. The van der Waals surface area contributed by atoms with Crippen LogP contribution in [0.5, 0.6) is 0 Å². The Hall–Kier alpha value is -2.56. The molecule has 0 saturated carbocycles. The normalized spacial score (nSPS) is 10.6. The van der Waals surface area contributed by atoms with Crippen molar-refractivity contribution in [2.45, 2.75) is 6.54 Å². The predicted octanol–water partition coefficient (Wildman–Crippen LogP) is 4.29. The van der Waals surface area contributed by atoms with Crippen molar-refractivity contribution < 1.29 is 4.79 Å². The summed E-state index contributed by atoms with van der Waals surface area (Å²) in [6, 6.07) is 16.0. The molecule has 4 nitrogen and oxygen atoms in total. The summed E-state index contributed by atoms with van der Waals surface area (Å²) in [7, 11) is 1.72. The Bertz CT molecular complexity index is 991. The highest BCUT2D eigenvalue weighted by molar-refractivity contribution is 6.39. The predicted molar refractivity (Wildman–Crippen MR) is 105 cm³/mol. The van der Waals surface area contributed by atoms with Crippen LogP contribution in [0.1, 0.15) is 15.9 Å². The van der Waals surface area contributed by atoms with Crippen LogP contribution in [-0.4, -0.2) is 10.5 Å². The number of carbonyl (C=O) groups excluding carboxylic acids is 1. The van der Waals surface area contributed by atoms with Gasteiger partial charge in [0.05, 0.1) is 15.6 Å². The number of aryl methyl sites for hydroxylation is 1. The van der Waals surface area contributed by atoms with Gasteiger partial charge in [-0.15, -0.1) is 0 Å². The molecular formula is C20H16Cl2N2O2. The fourth-order valence-electron chi connectivity index (χ4n) is 2.60. The van der Waals surface area contributed by atoms with Crippen LogP contribution in [0.3, 0.4) is 0 Å². The Morgan fingerprint density at radius 3 is 2.31 bits per heavy atom. The average Bonchev–Trinajstić information content (AvgIpc) is 2.63. The van der Waals surface area contributed by atoms with Gasteiger partial charge in [-0.1, -0.05) is 53.5 Å². The third kappa shape index (κ3) is 3.82. The number of carbonyl (C=O) groups is 1. The topological polar surface area (TPSA) is 51.1 Å². The molecule has 6 heteroatoms. The van der Waals surface area contributed by atoms with Crippen molar-refractivity contribution in [1.29, 1.82) is 0 Å². The van der Waals surface area contributed by atoms with Crippen LogP contribution < -0.4 is 10.9 Å². The number of amides is 1. The quantitative estimate of drug-likeness (QED) is 0.726. The van der Waals surface area contributed by atoms with Gasteiger partial charge < -0.3 is 9.88 Å². The summed E-state index contributed by atoms with van der Waals surface area (Å²) in [5.74, 6) is -0.332. The van der Waals surface area contributed by atoms with Gasteiger partial charge in [0.15, 0.2) is 0 Å². The van der Waals surface area contributed by atoms with E-state index in [-0.39, 0.29) is 17.0 Å². The molecule has 0 aliphatic carbocycles. The van der Waals surface area contributed by atoms with Gasteiger partial charge in [0, 0.05) is 25.4 Å². The lowest BCUT2D eigenvalue weighted by Crippen LogP contribution is -2.23. The lowest BCUT2D eigenvalue weighted by Gasteiger charge is -2.09. The SMILES string of the molecule is Cn1cccc(-c2ccc(CNC(=O)c3c(Cl)cccc3Cl)cc2)c1=O. The first kappa shape index (κ1) is 18.2. The van der Waals surface area contributed by atoms with E-state index < -0.39 is 0 Å². The largest absolute Gasteiger partial charge is 0.348 e. The molecule has 0 unspecified atom stereocenters. The summed E-state index contributed by atoms with van der Waals surface area (Å²) in [6.45, 7) is 0.327. The highest BCUT2D eigenvalue weighted by Gasteiger charge is 2.14. The summed E-state index contributed by atoms with van der Waals surface area (Å²) in [6.07, 6.45) is 1.72. The molecule has 0 bridgehead atoms. The van der Waals surface area contributed by atoms with Gasteiger partial charge in [0.1, 0.15) is 0 Å². The molecule has 26 heavy (non-hydrogen) atoms. The second kappa shape index (κ2) is 7.77. The lowest BCUT2D eigenvalue weighted by atomic mass is 10.1. The molecule has 3 aromatic rings. The molecule has 1 amide bonds. The number of benzene rings is 2. The third-order valence-corrected chi connectivity index (χ3v) is 4.66. The van der Waals surface area contributed by atoms with Gasteiger partial charge in [-0.25, -0.2) is 0 Å². The first-order valence-corrected chi connectivity index (χ1v) is 8.70. The molecule has 1 aromatic heterocycles. The molecule has 1 N–H and O–H groups in total. The minimum absolute atomic E-state index is 0.0538. The molecule has 0 atom stereocenters. The molecule has 0 radical (unpaired) electrons. The van der Waals surface area contributed by atoms with E-state index in [4.69, 9.17) is 23.2 Å². The van der Waals surface area contributed by atoms with Gasteiger partial charge in [0.25, 0.3) is 11.5 Å². The second-order valence-electron chi connectivity index (χ2n) is 5.81. The van der Waals surface area contributed by atoms with Gasteiger partial charge >= 0.3 is 0 Å². The van der Waals surface area contributed by atoms with Crippen molar-refractivity contribution >= 4 is 29.1 Å². The number of halogens is 2. The maximum absolute atomic E-state index is 12.3. The summed E-state index contributed by atoms with van der Waals surface area (Å²) in [5, 5.41) is 3.42. The van der Waals surface area contributed by atoms with E-state index in [1.807, 2.05) is 30.3 Å². The van der Waals surface area contributed by atoms with Crippen LogP contribution >= 0.6 is 23.2 Å². The first-order chi connectivity index (χ1) is 12.5. The minimum atomic E-state index is -0.332. The zero-order chi connectivity index (χ0) is 18.7. The molecular weight excluding hydrogens is 371 g/mol. The summed E-state index contributed by atoms with van der Waals surface area (Å²) in [5.41, 5.74) is 2.57. The zero-order valence-corrected chi connectivity index (χ0v) is 15.5.